The van der Waals surface area contributed by atoms with Gasteiger partial charge in [0.05, 0.1) is 5.56 Å². The number of hydrogen-bond acceptors (Lipinski definition) is 0. The largest absolute Gasteiger partial charge is 0.416 e. The van der Waals surface area contributed by atoms with Crippen molar-refractivity contribution in [1.82, 2.24) is 0 Å². The summed E-state index contributed by atoms with van der Waals surface area (Å²) in [4.78, 5) is 0. The molecule has 0 aromatic heterocycles. The van der Waals surface area contributed by atoms with Gasteiger partial charge in [-0.05, 0) is 17.3 Å². The highest BCUT2D eigenvalue weighted by molar-refractivity contribution is 7.28. The van der Waals surface area contributed by atoms with Crippen molar-refractivity contribution in [3.8, 4) is 0 Å². The van der Waals surface area contributed by atoms with Crippen molar-refractivity contribution in [1.29, 1.82) is 0 Å². The summed E-state index contributed by atoms with van der Waals surface area (Å²) < 4.78 is 37.6. The summed E-state index contributed by atoms with van der Waals surface area (Å²) in [7, 11) is 4.12. The van der Waals surface area contributed by atoms with Gasteiger partial charge >= 0.3 is 6.18 Å². The Labute approximate surface area is 84.5 Å². The normalized spacial score (nSPS) is 11.8. The van der Waals surface area contributed by atoms with Gasteiger partial charge in [-0.1, -0.05) is 24.5 Å². The second-order valence-corrected chi connectivity index (χ2v) is 3.84. The van der Waals surface area contributed by atoms with E-state index in [4.69, 9.17) is 0 Å². The van der Waals surface area contributed by atoms with Crippen molar-refractivity contribution in [3.63, 3.8) is 0 Å². The number of benzene rings is 1. The van der Waals surface area contributed by atoms with Crippen LogP contribution in [0.15, 0.2) is 12.1 Å². The van der Waals surface area contributed by atoms with E-state index in [9.17, 15) is 13.2 Å². The summed E-state index contributed by atoms with van der Waals surface area (Å²) in [5.74, 6) is 0. The summed E-state index contributed by atoms with van der Waals surface area (Å²) in [6.45, 7) is 1.73. The minimum Gasteiger partial charge on any atom is -0.166 e. The molecule has 1 atom stereocenters. The highest BCUT2D eigenvalue weighted by atomic mass is 31.0. The molecule has 0 heterocycles. The smallest absolute Gasteiger partial charge is 0.166 e. The maximum Gasteiger partial charge on any atom is 0.416 e. The Morgan fingerprint density at radius 3 is 2.36 bits per heavy atom. The zero-order chi connectivity index (χ0) is 10.9. The molecule has 14 heavy (non-hydrogen) atoms. The fourth-order valence-electron chi connectivity index (χ4n) is 1.33. The van der Waals surface area contributed by atoms with Crippen molar-refractivity contribution in [2.75, 3.05) is 0 Å². The molecule has 0 saturated heterocycles. The number of hydrogen-bond donors (Lipinski definition) is 0. The van der Waals surface area contributed by atoms with E-state index in [2.05, 4.69) is 9.24 Å². The van der Waals surface area contributed by atoms with Gasteiger partial charge in [-0.3, -0.25) is 0 Å². The molecular formula is C9H11BF3P. The minimum absolute atomic E-state index is 0.355. The molecule has 1 unspecified atom stereocenters. The van der Waals surface area contributed by atoms with Crippen molar-refractivity contribution < 1.29 is 13.2 Å². The second-order valence-electron chi connectivity index (χ2n) is 3.22. The molecular weight excluding hydrogens is 207 g/mol. The molecule has 0 nitrogen and oxygen atoms in total. The van der Waals surface area contributed by atoms with E-state index in [1.807, 2.05) is 0 Å². The van der Waals surface area contributed by atoms with Gasteiger partial charge in [0.25, 0.3) is 0 Å². The van der Waals surface area contributed by atoms with Crippen LogP contribution in [-0.2, 0) is 12.6 Å². The Morgan fingerprint density at radius 1 is 1.36 bits per heavy atom. The van der Waals surface area contributed by atoms with E-state index in [1.54, 1.807) is 20.8 Å². The third kappa shape index (κ3) is 2.30. The van der Waals surface area contributed by atoms with Crippen molar-refractivity contribution >= 4 is 27.9 Å². The monoisotopic (exact) mass is 218 g/mol. The van der Waals surface area contributed by atoms with Crippen LogP contribution in [0.5, 0.6) is 0 Å². The number of rotatable bonds is 1. The Hall–Kier alpha value is -0.495. The van der Waals surface area contributed by atoms with Crippen molar-refractivity contribution in [2.24, 2.45) is 0 Å². The molecule has 0 N–H and O–H groups in total. The van der Waals surface area contributed by atoms with Crippen LogP contribution in [-0.4, -0.2) is 7.85 Å². The lowest BCUT2D eigenvalue weighted by Crippen LogP contribution is -2.24. The first-order chi connectivity index (χ1) is 6.36. The lowest BCUT2D eigenvalue weighted by Gasteiger charge is -2.14. The van der Waals surface area contributed by atoms with Gasteiger partial charge in [-0.25, -0.2) is 0 Å². The first-order valence-electron chi connectivity index (χ1n) is 4.32. The molecule has 1 aromatic rings. The van der Waals surface area contributed by atoms with Crippen LogP contribution in [0.25, 0.3) is 0 Å². The molecule has 0 aliphatic rings. The van der Waals surface area contributed by atoms with Crippen LogP contribution in [0, 0.1) is 0 Å². The predicted molar refractivity (Wildman–Crippen MR) is 58.3 cm³/mol. The Bertz CT molecular complexity index is 347. The third-order valence-corrected chi connectivity index (χ3v) is 2.80. The van der Waals surface area contributed by atoms with E-state index in [1.165, 1.54) is 6.07 Å². The van der Waals surface area contributed by atoms with Crippen LogP contribution in [0.2, 0.25) is 0 Å². The molecule has 5 heteroatoms. The highest BCUT2D eigenvalue weighted by Gasteiger charge is 2.32. The van der Waals surface area contributed by atoms with Gasteiger partial charge in [0.2, 0.25) is 0 Å². The van der Waals surface area contributed by atoms with Gasteiger partial charge < -0.3 is 0 Å². The van der Waals surface area contributed by atoms with Crippen molar-refractivity contribution in [3.05, 3.63) is 23.3 Å². The first kappa shape index (κ1) is 11.6. The molecule has 0 spiro atoms. The van der Waals surface area contributed by atoms with Gasteiger partial charge in [-0.2, -0.15) is 13.2 Å². The Balaban J connectivity index is 3.35. The van der Waals surface area contributed by atoms with E-state index in [0.29, 0.717) is 17.4 Å². The lowest BCUT2D eigenvalue weighted by atomic mass is 9.91. The minimum atomic E-state index is -4.24. The van der Waals surface area contributed by atoms with Crippen LogP contribution in [0.3, 0.4) is 0 Å². The van der Waals surface area contributed by atoms with E-state index < -0.39 is 11.7 Å². The van der Waals surface area contributed by atoms with E-state index >= 15 is 0 Å². The number of halogens is 3. The zero-order valence-electron chi connectivity index (χ0n) is 8.07. The lowest BCUT2D eigenvalue weighted by molar-refractivity contribution is -0.138. The van der Waals surface area contributed by atoms with E-state index in [0.717, 1.165) is 5.30 Å². The molecule has 0 aliphatic carbocycles. The summed E-state index contributed by atoms with van der Waals surface area (Å²) in [5.41, 5.74) is 0.497. The number of alkyl halides is 3. The molecule has 0 aliphatic heterocycles. The standard InChI is InChI=1S/C9H11BF3P/c1-2-5-3-8(14)7(10)4-6(5)9(11,12)13/h3-4H,2,10,14H2,1H3. The molecule has 76 valence electrons. The Morgan fingerprint density at radius 2 is 1.93 bits per heavy atom. The van der Waals surface area contributed by atoms with Gasteiger partial charge in [0, 0.05) is 0 Å². The van der Waals surface area contributed by atoms with Crippen LogP contribution < -0.4 is 10.8 Å². The average molecular weight is 218 g/mol. The first-order valence-corrected chi connectivity index (χ1v) is 4.90. The quantitative estimate of drug-likeness (QED) is 0.487. The van der Waals surface area contributed by atoms with E-state index in [-0.39, 0.29) is 0 Å². The summed E-state index contributed by atoms with van der Waals surface area (Å²) >= 11 is 0. The summed E-state index contributed by atoms with van der Waals surface area (Å²) in [5, 5.41) is 0.829. The molecule has 0 bridgehead atoms. The predicted octanol–water partition coefficient (Wildman–Crippen LogP) is 1.03. The molecule has 0 radical (unpaired) electrons. The topological polar surface area (TPSA) is 0 Å². The average Bonchev–Trinajstić information content (AvgIpc) is 2.07. The fourth-order valence-corrected chi connectivity index (χ4v) is 1.61. The maximum absolute atomic E-state index is 12.5. The summed E-state index contributed by atoms with van der Waals surface area (Å²) in [6.07, 6.45) is -3.84. The maximum atomic E-state index is 12.5. The second kappa shape index (κ2) is 3.94. The van der Waals surface area contributed by atoms with Crippen molar-refractivity contribution in [2.45, 2.75) is 19.5 Å². The molecule has 0 saturated carbocycles. The molecule has 0 fully saturated rings. The van der Waals surface area contributed by atoms with Crippen LogP contribution in [0.1, 0.15) is 18.1 Å². The van der Waals surface area contributed by atoms with Crippen LogP contribution in [0.4, 0.5) is 13.2 Å². The highest BCUT2D eigenvalue weighted by Crippen LogP contribution is 2.31. The fraction of sp³-hybridized carbons (Fsp3) is 0.333. The molecule has 1 aromatic carbocycles. The zero-order valence-corrected chi connectivity index (χ0v) is 9.23. The van der Waals surface area contributed by atoms with Gasteiger partial charge in [0.1, 0.15) is 7.85 Å². The molecule has 1 rings (SSSR count). The third-order valence-electron chi connectivity index (χ3n) is 2.18. The van der Waals surface area contributed by atoms with Gasteiger partial charge in [-0.15, -0.1) is 9.24 Å². The van der Waals surface area contributed by atoms with Gasteiger partial charge in [0.15, 0.2) is 0 Å². The molecule has 0 amide bonds. The summed E-state index contributed by atoms with van der Waals surface area (Å²) in [6, 6.07) is 2.80. The van der Waals surface area contributed by atoms with Crippen LogP contribution >= 0.6 is 9.24 Å². The SMILES string of the molecule is Bc1cc(C(F)(F)F)c(CC)cc1P. The number of aryl methyl sites for hydroxylation is 1. The Kier molecular flexibility index (Phi) is 3.26.